The minimum Gasteiger partial charge on any atom is -0.431 e. The van der Waals surface area contributed by atoms with Crippen LogP contribution in [0.2, 0.25) is 0 Å². The second-order valence-electron chi connectivity index (χ2n) is 4.22. The predicted molar refractivity (Wildman–Crippen MR) is 78.9 cm³/mol. The molecule has 0 aliphatic heterocycles. The van der Waals surface area contributed by atoms with E-state index < -0.39 is 0 Å². The maximum Gasteiger partial charge on any atom is 0.263 e. The lowest BCUT2D eigenvalue weighted by atomic mass is 10.3. The van der Waals surface area contributed by atoms with Crippen LogP contribution in [0.25, 0.3) is 11.1 Å². The Labute approximate surface area is 120 Å². The Kier molecular flexibility index (Phi) is 3.83. The molecule has 0 radical (unpaired) electrons. The summed E-state index contributed by atoms with van der Waals surface area (Å²) in [6, 6.07) is 7.69. The van der Waals surface area contributed by atoms with Crippen molar-refractivity contribution in [1.29, 1.82) is 0 Å². The fourth-order valence-corrected chi connectivity index (χ4v) is 2.43. The third-order valence-corrected chi connectivity index (χ3v) is 3.39. The fourth-order valence-electron chi connectivity index (χ4n) is 1.72. The van der Waals surface area contributed by atoms with Gasteiger partial charge in [0, 0.05) is 6.54 Å². The Morgan fingerprint density at radius 2 is 2.10 bits per heavy atom. The molecule has 3 aromatic rings. The highest BCUT2D eigenvalue weighted by Crippen LogP contribution is 2.28. The first kappa shape index (κ1) is 12.9. The number of hydrogen-bond acceptors (Lipinski definition) is 6. The van der Waals surface area contributed by atoms with E-state index in [1.165, 1.54) is 11.8 Å². The van der Waals surface area contributed by atoms with E-state index in [1.807, 2.05) is 24.3 Å². The summed E-state index contributed by atoms with van der Waals surface area (Å²) < 4.78 is 5.66. The van der Waals surface area contributed by atoms with Crippen LogP contribution >= 0.6 is 11.8 Å². The molecule has 2 aromatic heterocycles. The molecule has 0 amide bonds. The Morgan fingerprint density at radius 1 is 1.20 bits per heavy atom. The zero-order chi connectivity index (χ0) is 13.8. The van der Waals surface area contributed by atoms with Crippen LogP contribution in [-0.4, -0.2) is 21.5 Å². The van der Waals surface area contributed by atoms with E-state index in [0.29, 0.717) is 5.22 Å². The molecule has 20 heavy (non-hydrogen) atoms. The van der Waals surface area contributed by atoms with Crippen LogP contribution in [0.3, 0.4) is 0 Å². The first-order valence-electron chi connectivity index (χ1n) is 6.44. The molecule has 5 nitrogen and oxygen atoms in total. The quantitative estimate of drug-likeness (QED) is 0.773. The molecule has 6 heteroatoms. The lowest BCUT2D eigenvalue weighted by Crippen LogP contribution is -2.02. The normalized spacial score (nSPS) is 10.8. The first-order valence-corrected chi connectivity index (χ1v) is 7.26. The van der Waals surface area contributed by atoms with E-state index in [0.717, 1.165) is 34.9 Å². The van der Waals surface area contributed by atoms with E-state index in [2.05, 4.69) is 27.2 Å². The van der Waals surface area contributed by atoms with Crippen molar-refractivity contribution < 1.29 is 4.42 Å². The van der Waals surface area contributed by atoms with Gasteiger partial charge in [-0.1, -0.05) is 19.1 Å². The van der Waals surface area contributed by atoms with Gasteiger partial charge in [-0.2, -0.15) is 0 Å². The highest BCUT2D eigenvalue weighted by atomic mass is 32.2. The summed E-state index contributed by atoms with van der Waals surface area (Å²) in [6.45, 7) is 2.99. The van der Waals surface area contributed by atoms with Gasteiger partial charge in [0.25, 0.3) is 5.22 Å². The summed E-state index contributed by atoms with van der Waals surface area (Å²) in [5, 5.41) is 4.55. The minimum absolute atomic E-state index is 0.577. The van der Waals surface area contributed by atoms with Gasteiger partial charge in [0.05, 0.1) is 12.4 Å². The zero-order valence-electron chi connectivity index (χ0n) is 11.0. The van der Waals surface area contributed by atoms with Crippen LogP contribution in [0.1, 0.15) is 13.3 Å². The molecule has 1 N–H and O–H groups in total. The summed E-state index contributed by atoms with van der Waals surface area (Å²) in [4.78, 5) is 13.0. The van der Waals surface area contributed by atoms with E-state index >= 15 is 0 Å². The lowest BCUT2D eigenvalue weighted by molar-refractivity contribution is 0.489. The van der Waals surface area contributed by atoms with Crippen molar-refractivity contribution in [3.05, 3.63) is 36.7 Å². The summed E-state index contributed by atoms with van der Waals surface area (Å²) in [5.74, 6) is 0.771. The van der Waals surface area contributed by atoms with Crippen LogP contribution in [0.15, 0.2) is 51.3 Å². The molecule has 0 saturated carbocycles. The monoisotopic (exact) mass is 286 g/mol. The molecular weight excluding hydrogens is 272 g/mol. The summed E-state index contributed by atoms with van der Waals surface area (Å²) in [5.41, 5.74) is 1.63. The average molecular weight is 286 g/mol. The molecule has 0 atom stereocenters. The number of nitrogens with zero attached hydrogens (tertiary/aromatic N) is 3. The third kappa shape index (κ3) is 2.91. The van der Waals surface area contributed by atoms with Gasteiger partial charge in [0.15, 0.2) is 5.58 Å². The van der Waals surface area contributed by atoms with Gasteiger partial charge in [-0.3, -0.25) is 4.98 Å². The molecule has 0 saturated heterocycles. The highest BCUT2D eigenvalue weighted by Gasteiger charge is 2.08. The van der Waals surface area contributed by atoms with Gasteiger partial charge < -0.3 is 9.73 Å². The van der Waals surface area contributed by atoms with Crippen molar-refractivity contribution in [2.24, 2.45) is 0 Å². The Morgan fingerprint density at radius 3 is 2.95 bits per heavy atom. The second kappa shape index (κ2) is 5.92. The molecule has 2 heterocycles. The molecule has 1 aromatic carbocycles. The number of rotatable bonds is 5. The number of aromatic nitrogens is 3. The molecule has 0 unspecified atom stereocenters. The molecule has 0 bridgehead atoms. The van der Waals surface area contributed by atoms with Crippen molar-refractivity contribution in [1.82, 2.24) is 15.0 Å². The second-order valence-corrected chi connectivity index (χ2v) is 5.19. The number of oxazole rings is 1. The number of benzene rings is 1. The van der Waals surface area contributed by atoms with Crippen LogP contribution in [0.4, 0.5) is 5.82 Å². The SMILES string of the molecule is CCCNc1cncc(Sc2nc3ccccc3o2)n1. The first-order chi connectivity index (χ1) is 9.85. The van der Waals surface area contributed by atoms with Gasteiger partial charge in [0.2, 0.25) is 0 Å². The molecular formula is C14H14N4OS. The average Bonchev–Trinajstić information content (AvgIpc) is 2.87. The summed E-state index contributed by atoms with van der Waals surface area (Å²) in [6.07, 6.45) is 4.46. The topological polar surface area (TPSA) is 63.8 Å². The van der Waals surface area contributed by atoms with Crippen molar-refractivity contribution in [2.45, 2.75) is 23.6 Å². The molecule has 0 aliphatic carbocycles. The maximum absolute atomic E-state index is 5.66. The van der Waals surface area contributed by atoms with Crippen molar-refractivity contribution in [2.75, 3.05) is 11.9 Å². The highest BCUT2D eigenvalue weighted by molar-refractivity contribution is 7.99. The number of fused-ring (bicyclic) bond motifs is 1. The van der Waals surface area contributed by atoms with Crippen molar-refractivity contribution in [3.8, 4) is 0 Å². The number of hydrogen-bond donors (Lipinski definition) is 1. The van der Waals surface area contributed by atoms with Gasteiger partial charge in [-0.25, -0.2) is 9.97 Å². The van der Waals surface area contributed by atoms with Crippen LogP contribution in [-0.2, 0) is 0 Å². The molecule has 0 spiro atoms. The number of nitrogens with one attached hydrogen (secondary N) is 1. The molecule has 0 aliphatic rings. The zero-order valence-corrected chi connectivity index (χ0v) is 11.9. The Balaban J connectivity index is 1.79. The van der Waals surface area contributed by atoms with Crippen molar-refractivity contribution >= 4 is 28.7 Å². The van der Waals surface area contributed by atoms with Gasteiger partial charge in [-0.05, 0) is 30.3 Å². The fraction of sp³-hybridized carbons (Fsp3) is 0.214. The van der Waals surface area contributed by atoms with E-state index in [4.69, 9.17) is 4.42 Å². The maximum atomic E-state index is 5.66. The Bertz CT molecular complexity index is 680. The van der Waals surface area contributed by atoms with Crippen molar-refractivity contribution in [3.63, 3.8) is 0 Å². The molecule has 0 fully saturated rings. The largest absolute Gasteiger partial charge is 0.431 e. The Hall–Kier alpha value is -2.08. The molecule has 3 rings (SSSR count). The molecule has 102 valence electrons. The number of anilines is 1. The standard InChI is InChI=1S/C14H14N4OS/c1-2-7-16-12-8-15-9-13(18-12)20-14-17-10-5-3-4-6-11(10)19-14/h3-6,8-9H,2,7H2,1H3,(H,16,18). The third-order valence-electron chi connectivity index (χ3n) is 2.63. The van der Waals surface area contributed by atoms with Gasteiger partial charge >= 0.3 is 0 Å². The van der Waals surface area contributed by atoms with Crippen LogP contribution in [0.5, 0.6) is 0 Å². The van der Waals surface area contributed by atoms with Crippen LogP contribution in [0, 0.1) is 0 Å². The van der Waals surface area contributed by atoms with Crippen LogP contribution < -0.4 is 5.32 Å². The predicted octanol–water partition coefficient (Wildman–Crippen LogP) is 3.59. The smallest absolute Gasteiger partial charge is 0.263 e. The van der Waals surface area contributed by atoms with Gasteiger partial charge in [0.1, 0.15) is 16.4 Å². The van der Waals surface area contributed by atoms with E-state index in [1.54, 1.807) is 12.4 Å². The summed E-state index contributed by atoms with van der Waals surface area (Å²) in [7, 11) is 0. The summed E-state index contributed by atoms with van der Waals surface area (Å²) >= 11 is 1.37. The van der Waals surface area contributed by atoms with E-state index in [-0.39, 0.29) is 0 Å². The number of para-hydroxylation sites is 2. The lowest BCUT2D eigenvalue weighted by Gasteiger charge is -2.03. The van der Waals surface area contributed by atoms with E-state index in [9.17, 15) is 0 Å². The minimum atomic E-state index is 0.577. The van der Waals surface area contributed by atoms with Gasteiger partial charge in [-0.15, -0.1) is 0 Å².